The van der Waals surface area contributed by atoms with Gasteiger partial charge in [0.25, 0.3) is 0 Å². The Morgan fingerprint density at radius 2 is 1.64 bits per heavy atom. The van der Waals surface area contributed by atoms with Gasteiger partial charge in [0.05, 0.1) is 11.0 Å². The topological polar surface area (TPSA) is 39.1 Å². The minimum atomic E-state index is 0.0770. The molecular weight excluding hydrogens is 310 g/mol. The number of nitrogens with zero attached hydrogens (tertiary/aromatic N) is 2. The van der Waals surface area contributed by atoms with Crippen molar-refractivity contribution in [3.05, 3.63) is 24.0 Å². The lowest BCUT2D eigenvalue weighted by Gasteiger charge is -2.17. The molecule has 0 atom stereocenters. The Balaban J connectivity index is 0.000000536. The molecule has 0 aliphatic heterocycles. The molecule has 4 nitrogen and oxygen atoms in total. The Morgan fingerprint density at radius 3 is 2.00 bits per heavy atom. The summed E-state index contributed by atoms with van der Waals surface area (Å²) in [4.78, 5) is 4.72. The number of hydrogen-bond donors (Lipinski definition) is 1. The van der Waals surface area contributed by atoms with Crippen LogP contribution in [0.25, 0.3) is 11.0 Å². The second kappa shape index (κ2) is 11.1. The quantitative estimate of drug-likeness (QED) is 0.782. The maximum atomic E-state index is 4.83. The van der Waals surface area contributed by atoms with Gasteiger partial charge in [-0.3, -0.25) is 0 Å². The molecule has 0 radical (unpaired) electrons. The Kier molecular flexibility index (Phi) is 10.4. The van der Waals surface area contributed by atoms with Crippen molar-refractivity contribution in [1.82, 2.24) is 9.55 Å². The van der Waals surface area contributed by atoms with Gasteiger partial charge < -0.3 is 14.6 Å². The molecule has 1 N–H and O–H groups in total. The van der Waals surface area contributed by atoms with Crippen molar-refractivity contribution in [3.63, 3.8) is 0 Å². The molecule has 0 unspecified atom stereocenters. The van der Waals surface area contributed by atoms with Crippen LogP contribution in [0.3, 0.4) is 0 Å². The molecule has 0 bridgehead atoms. The van der Waals surface area contributed by atoms with E-state index in [0.29, 0.717) is 0 Å². The summed E-state index contributed by atoms with van der Waals surface area (Å²) in [7, 11) is 4.00. The summed E-state index contributed by atoms with van der Waals surface area (Å²) in [5.41, 5.74) is 3.42. The number of imidazole rings is 1. The van der Waals surface area contributed by atoms with E-state index in [1.807, 2.05) is 20.9 Å². The summed E-state index contributed by atoms with van der Waals surface area (Å²) in [6, 6.07) is 6.28. The molecule has 144 valence electrons. The largest absolute Gasteiger partial charge is 0.388 e. The minimum Gasteiger partial charge on any atom is -0.388 e. The molecule has 2 aromatic rings. The molecule has 1 aromatic heterocycles. The molecule has 0 fully saturated rings. The van der Waals surface area contributed by atoms with E-state index >= 15 is 0 Å². The van der Waals surface area contributed by atoms with Gasteiger partial charge in [0.1, 0.15) is 5.82 Å². The first-order valence-corrected chi connectivity index (χ1v) is 9.30. The number of nitrogens with one attached hydrogen (secondary N) is 1. The molecule has 0 amide bonds. The predicted molar refractivity (Wildman–Crippen MR) is 112 cm³/mol. The third-order valence-corrected chi connectivity index (χ3v) is 3.25. The van der Waals surface area contributed by atoms with E-state index in [2.05, 4.69) is 76.7 Å². The summed E-state index contributed by atoms with van der Waals surface area (Å²) in [5.74, 6) is 1.95. The number of hydrogen-bond acceptors (Lipinski definition) is 3. The minimum absolute atomic E-state index is 0.0770. The average Bonchev–Trinajstić information content (AvgIpc) is 2.85. The normalized spacial score (nSPS) is 10.8. The molecule has 1 heterocycles. The molecule has 1 aromatic carbocycles. The first-order chi connectivity index (χ1) is 11.6. The van der Waals surface area contributed by atoms with E-state index in [1.54, 1.807) is 0 Å². The van der Waals surface area contributed by atoms with Gasteiger partial charge >= 0.3 is 0 Å². The van der Waals surface area contributed by atoms with Gasteiger partial charge in [-0.2, -0.15) is 0 Å². The van der Waals surface area contributed by atoms with Crippen molar-refractivity contribution < 1.29 is 4.74 Å². The lowest BCUT2D eigenvalue weighted by molar-refractivity contribution is 0.162. The molecule has 0 saturated heterocycles. The van der Waals surface area contributed by atoms with Crippen molar-refractivity contribution in [2.24, 2.45) is 13.0 Å². The van der Waals surface area contributed by atoms with Crippen LogP contribution >= 0.6 is 0 Å². The van der Waals surface area contributed by atoms with Crippen molar-refractivity contribution in [3.8, 4) is 0 Å². The third-order valence-electron chi connectivity index (χ3n) is 3.25. The van der Waals surface area contributed by atoms with Crippen LogP contribution in [0.15, 0.2) is 18.2 Å². The summed E-state index contributed by atoms with van der Waals surface area (Å²) in [6.07, 6.45) is 0. The van der Waals surface area contributed by atoms with E-state index in [9.17, 15) is 0 Å². The number of benzene rings is 1. The highest BCUT2D eigenvalue weighted by molar-refractivity contribution is 5.80. The molecule has 0 spiro atoms. The summed E-state index contributed by atoms with van der Waals surface area (Å²) in [5, 5.41) is 3.14. The zero-order valence-corrected chi connectivity index (χ0v) is 18.0. The van der Waals surface area contributed by atoms with E-state index in [0.717, 1.165) is 36.2 Å². The van der Waals surface area contributed by atoms with Crippen molar-refractivity contribution in [1.29, 1.82) is 0 Å². The van der Waals surface area contributed by atoms with Gasteiger partial charge in [-0.05, 0) is 38.0 Å². The van der Waals surface area contributed by atoms with Crippen LogP contribution in [-0.4, -0.2) is 29.8 Å². The predicted octanol–water partition coefficient (Wildman–Crippen LogP) is 5.62. The molecule has 0 aliphatic carbocycles. The molecule has 0 saturated carbocycles. The first kappa shape index (κ1) is 23.4. The fraction of sp³-hybridized carbons (Fsp3) is 0.667. The number of aryl methyl sites for hydroxylation is 1. The monoisotopic (exact) mass is 349 g/mol. The summed E-state index contributed by atoms with van der Waals surface area (Å²) >= 11 is 0. The van der Waals surface area contributed by atoms with Gasteiger partial charge in [0, 0.05) is 38.4 Å². The highest BCUT2D eigenvalue weighted by Gasteiger charge is 2.21. The van der Waals surface area contributed by atoms with Gasteiger partial charge in [0.15, 0.2) is 0 Å². The van der Waals surface area contributed by atoms with Gasteiger partial charge in [-0.25, -0.2) is 4.98 Å². The van der Waals surface area contributed by atoms with Crippen LogP contribution in [0, 0.1) is 5.92 Å². The van der Waals surface area contributed by atoms with Crippen molar-refractivity contribution in [2.75, 3.05) is 25.6 Å². The molecular formula is C21H39N3O. The smallest absolute Gasteiger partial charge is 0.115 e. The molecule has 0 aliphatic rings. The average molecular weight is 350 g/mol. The van der Waals surface area contributed by atoms with Crippen molar-refractivity contribution in [2.45, 2.75) is 60.8 Å². The highest BCUT2D eigenvalue weighted by Crippen LogP contribution is 2.26. The number of fused-ring (bicyclic) bond motifs is 1. The Hall–Kier alpha value is -1.55. The van der Waals surface area contributed by atoms with Gasteiger partial charge in [-0.15, -0.1) is 0 Å². The number of ether oxygens (including phenoxy) is 1. The molecule has 4 heteroatoms. The third kappa shape index (κ3) is 8.39. The van der Waals surface area contributed by atoms with E-state index in [-0.39, 0.29) is 5.41 Å². The second-order valence-electron chi connectivity index (χ2n) is 7.71. The highest BCUT2D eigenvalue weighted by atomic mass is 16.5. The van der Waals surface area contributed by atoms with E-state index in [1.165, 1.54) is 5.52 Å². The lowest BCUT2D eigenvalue weighted by atomic mass is 9.96. The molecule has 2 rings (SSSR count). The molecule has 25 heavy (non-hydrogen) atoms. The number of rotatable bonds is 3. The van der Waals surface area contributed by atoms with E-state index < -0.39 is 0 Å². The van der Waals surface area contributed by atoms with Crippen LogP contribution in [-0.2, 0) is 17.2 Å². The Morgan fingerprint density at radius 1 is 1.12 bits per heavy atom. The lowest BCUT2D eigenvalue weighted by Crippen LogP contribution is -2.17. The van der Waals surface area contributed by atoms with Crippen LogP contribution in [0.4, 0.5) is 5.69 Å². The summed E-state index contributed by atoms with van der Waals surface area (Å²) in [6.45, 7) is 18.7. The SMILES string of the molecule is CC(C)C.CCOCC.CNc1ccc2c(c1)nc(C(C)(C)C)n2C. The first-order valence-electron chi connectivity index (χ1n) is 9.30. The Labute approximate surface area is 155 Å². The number of aromatic nitrogens is 2. The Bertz CT molecular complexity index is 605. The van der Waals surface area contributed by atoms with Gasteiger partial charge in [-0.1, -0.05) is 41.5 Å². The fourth-order valence-corrected chi connectivity index (χ4v) is 2.23. The second-order valence-corrected chi connectivity index (χ2v) is 7.71. The zero-order valence-electron chi connectivity index (χ0n) is 18.0. The standard InChI is InChI=1S/C13H19N3.C4H10O.C4H10/c1-13(2,3)12-15-10-8-9(14-4)6-7-11(10)16(12)5;1-3-5-4-2;1-4(2)3/h6-8,14H,1-5H3;3-4H2,1-2H3;4H,1-3H3. The van der Waals surface area contributed by atoms with Gasteiger partial charge in [0.2, 0.25) is 0 Å². The van der Waals surface area contributed by atoms with Crippen LogP contribution < -0.4 is 5.32 Å². The zero-order chi connectivity index (χ0) is 19.6. The maximum absolute atomic E-state index is 4.83. The van der Waals surface area contributed by atoms with Crippen molar-refractivity contribution >= 4 is 16.7 Å². The van der Waals surface area contributed by atoms with Crippen LogP contribution in [0.1, 0.15) is 61.2 Å². The summed E-state index contributed by atoms with van der Waals surface area (Å²) < 4.78 is 7.01. The van der Waals surface area contributed by atoms with Crippen LogP contribution in [0.5, 0.6) is 0 Å². The number of anilines is 1. The maximum Gasteiger partial charge on any atom is 0.115 e. The van der Waals surface area contributed by atoms with Crippen LogP contribution in [0.2, 0.25) is 0 Å². The van der Waals surface area contributed by atoms with E-state index in [4.69, 9.17) is 9.72 Å². The fourth-order valence-electron chi connectivity index (χ4n) is 2.23.